The molecule has 0 spiro atoms. The predicted molar refractivity (Wildman–Crippen MR) is 105 cm³/mol. The van der Waals surface area contributed by atoms with Crippen molar-refractivity contribution < 1.29 is 15.0 Å². The van der Waals surface area contributed by atoms with Crippen molar-refractivity contribution in [2.45, 2.75) is 13.3 Å². The van der Waals surface area contributed by atoms with Crippen LogP contribution in [0.5, 0.6) is 11.5 Å². The summed E-state index contributed by atoms with van der Waals surface area (Å²) >= 11 is 0. The highest BCUT2D eigenvalue weighted by Crippen LogP contribution is 2.43. The number of rotatable bonds is 3. The Bertz CT molecular complexity index is 878. The van der Waals surface area contributed by atoms with Gasteiger partial charge in [0.25, 0.3) is 5.91 Å². The van der Waals surface area contributed by atoms with Gasteiger partial charge in [0.15, 0.2) is 0 Å². The van der Waals surface area contributed by atoms with E-state index in [0.717, 1.165) is 43.1 Å². The fourth-order valence-electron chi connectivity index (χ4n) is 3.67. The molecular weight excluding hydrogens is 344 g/mol. The maximum Gasteiger partial charge on any atom is 0.254 e. The van der Waals surface area contributed by atoms with E-state index in [2.05, 4.69) is 10.6 Å². The summed E-state index contributed by atoms with van der Waals surface area (Å²) in [5.41, 5.74) is 3.84. The Morgan fingerprint density at radius 1 is 1.07 bits per heavy atom. The molecule has 7 heteroatoms. The zero-order valence-electron chi connectivity index (χ0n) is 15.3. The number of hydrogen-bond acceptors (Lipinski definition) is 6. The van der Waals surface area contributed by atoms with Gasteiger partial charge in [0.05, 0.1) is 23.7 Å². The van der Waals surface area contributed by atoms with Crippen LogP contribution in [0, 0.1) is 0 Å². The minimum absolute atomic E-state index is 0.0281. The molecule has 0 aliphatic carbocycles. The van der Waals surface area contributed by atoms with Crippen LogP contribution >= 0.6 is 0 Å². The number of benzene rings is 2. The van der Waals surface area contributed by atoms with Crippen molar-refractivity contribution >= 4 is 23.0 Å². The molecule has 27 heavy (non-hydrogen) atoms. The minimum Gasteiger partial charge on any atom is -0.508 e. The van der Waals surface area contributed by atoms with Crippen molar-refractivity contribution in [1.82, 2.24) is 10.2 Å². The highest BCUT2D eigenvalue weighted by Gasteiger charge is 2.26. The van der Waals surface area contributed by atoms with E-state index in [1.165, 1.54) is 6.07 Å². The second kappa shape index (κ2) is 7.00. The van der Waals surface area contributed by atoms with Gasteiger partial charge >= 0.3 is 0 Å². The van der Waals surface area contributed by atoms with Crippen LogP contribution in [0.15, 0.2) is 30.3 Å². The lowest BCUT2D eigenvalue weighted by molar-refractivity contribution is 0.0736. The van der Waals surface area contributed by atoms with E-state index in [4.69, 9.17) is 0 Å². The van der Waals surface area contributed by atoms with Gasteiger partial charge in [-0.2, -0.15) is 0 Å². The molecule has 0 radical (unpaired) electrons. The van der Waals surface area contributed by atoms with Gasteiger partial charge in [-0.05, 0) is 36.2 Å². The van der Waals surface area contributed by atoms with Crippen molar-refractivity contribution in [1.29, 1.82) is 0 Å². The maximum absolute atomic E-state index is 12.7. The van der Waals surface area contributed by atoms with Crippen LogP contribution in [-0.4, -0.2) is 53.9 Å². The Balaban J connectivity index is 1.63. The molecule has 0 aromatic heterocycles. The molecule has 142 valence electrons. The molecule has 0 unspecified atom stereocenters. The Morgan fingerprint density at radius 2 is 1.85 bits per heavy atom. The van der Waals surface area contributed by atoms with E-state index >= 15 is 0 Å². The van der Waals surface area contributed by atoms with Crippen LogP contribution in [0.4, 0.5) is 17.1 Å². The van der Waals surface area contributed by atoms with E-state index in [1.807, 2.05) is 34.9 Å². The number of amides is 1. The molecule has 0 saturated carbocycles. The third-order valence-corrected chi connectivity index (χ3v) is 5.21. The van der Waals surface area contributed by atoms with Crippen LogP contribution < -0.4 is 15.5 Å². The predicted octanol–water partition coefficient (Wildman–Crippen LogP) is 2.23. The van der Waals surface area contributed by atoms with Crippen molar-refractivity contribution in [3.05, 3.63) is 41.5 Å². The average molecular weight is 368 g/mol. The van der Waals surface area contributed by atoms with Crippen LogP contribution in [0.2, 0.25) is 0 Å². The zero-order valence-corrected chi connectivity index (χ0v) is 15.3. The highest BCUT2D eigenvalue weighted by molar-refractivity contribution is 5.97. The fraction of sp³-hybridized carbons (Fsp3) is 0.350. The van der Waals surface area contributed by atoms with Crippen molar-refractivity contribution in [2.24, 2.45) is 0 Å². The average Bonchev–Trinajstić information content (AvgIpc) is 3.11. The summed E-state index contributed by atoms with van der Waals surface area (Å²) in [7, 11) is 0. The highest BCUT2D eigenvalue weighted by atomic mass is 16.3. The lowest BCUT2D eigenvalue weighted by Crippen LogP contribution is -2.46. The first kappa shape index (κ1) is 17.5. The number of piperazine rings is 1. The second-order valence-corrected chi connectivity index (χ2v) is 6.86. The van der Waals surface area contributed by atoms with Gasteiger partial charge in [0, 0.05) is 37.8 Å². The number of aryl methyl sites for hydroxylation is 1. The number of anilines is 3. The molecular formula is C20H24N4O3. The number of aromatic hydroxyl groups is 2. The molecule has 0 atom stereocenters. The number of nitrogens with zero attached hydrogens (tertiary/aromatic N) is 2. The first-order chi connectivity index (χ1) is 13.1. The third-order valence-electron chi connectivity index (χ3n) is 5.21. The monoisotopic (exact) mass is 368 g/mol. The Kier molecular flexibility index (Phi) is 4.53. The molecule has 4 N–H and O–H groups in total. The summed E-state index contributed by atoms with van der Waals surface area (Å²) in [6.07, 6.45) is 0.672. The van der Waals surface area contributed by atoms with Gasteiger partial charge in [0.1, 0.15) is 11.5 Å². The molecule has 4 rings (SSSR count). The van der Waals surface area contributed by atoms with Crippen LogP contribution in [0.25, 0.3) is 0 Å². The lowest BCUT2D eigenvalue weighted by Gasteiger charge is -2.27. The maximum atomic E-state index is 12.7. The van der Waals surface area contributed by atoms with E-state index in [0.29, 0.717) is 24.3 Å². The standard InChI is InChI=1S/C20H24N4O3/c1-2-13-10-17(19(26)11-18(13)25)24-12-22-15-9-14(3-4-16(15)24)20(27)23-7-5-21-6-8-23/h3-4,9-11,21-22,25-26H,2,5-8,12H2,1H3. The first-order valence-corrected chi connectivity index (χ1v) is 9.28. The van der Waals surface area contributed by atoms with Crippen LogP contribution in [0.1, 0.15) is 22.8 Å². The normalized spacial score (nSPS) is 16.2. The number of carbonyl (C=O) groups excluding carboxylic acids is 1. The van der Waals surface area contributed by atoms with Gasteiger partial charge < -0.3 is 30.6 Å². The number of fused-ring (bicyclic) bond motifs is 1. The molecule has 7 nitrogen and oxygen atoms in total. The smallest absolute Gasteiger partial charge is 0.254 e. The van der Waals surface area contributed by atoms with E-state index in [-0.39, 0.29) is 17.4 Å². The Labute approximate surface area is 158 Å². The van der Waals surface area contributed by atoms with Crippen molar-refractivity contribution in [3.8, 4) is 11.5 Å². The molecule has 1 amide bonds. The van der Waals surface area contributed by atoms with Crippen molar-refractivity contribution in [3.63, 3.8) is 0 Å². The van der Waals surface area contributed by atoms with Crippen LogP contribution in [-0.2, 0) is 6.42 Å². The number of phenols is 2. The van der Waals surface area contributed by atoms with E-state index < -0.39 is 0 Å². The van der Waals surface area contributed by atoms with Gasteiger partial charge in [-0.1, -0.05) is 6.92 Å². The molecule has 1 fully saturated rings. The molecule has 2 aromatic rings. The number of carbonyl (C=O) groups is 1. The first-order valence-electron chi connectivity index (χ1n) is 9.28. The summed E-state index contributed by atoms with van der Waals surface area (Å²) in [6, 6.07) is 8.80. The van der Waals surface area contributed by atoms with Gasteiger partial charge in [-0.25, -0.2) is 0 Å². The zero-order chi connectivity index (χ0) is 19.0. The second-order valence-electron chi connectivity index (χ2n) is 6.86. The van der Waals surface area contributed by atoms with Gasteiger partial charge in [-0.3, -0.25) is 4.79 Å². The quantitative estimate of drug-likeness (QED) is 0.665. The third kappa shape index (κ3) is 3.14. The fourth-order valence-corrected chi connectivity index (χ4v) is 3.67. The summed E-state index contributed by atoms with van der Waals surface area (Å²) in [4.78, 5) is 16.5. The van der Waals surface area contributed by atoms with Gasteiger partial charge in [0.2, 0.25) is 0 Å². The number of phenolic OH excluding ortho intramolecular Hbond substituents is 2. The summed E-state index contributed by atoms with van der Waals surface area (Å²) in [5.74, 6) is 0.170. The Hall–Kier alpha value is -2.93. The molecule has 0 bridgehead atoms. The summed E-state index contributed by atoms with van der Waals surface area (Å²) < 4.78 is 0. The van der Waals surface area contributed by atoms with E-state index in [9.17, 15) is 15.0 Å². The summed E-state index contributed by atoms with van der Waals surface area (Å²) in [6.45, 7) is 5.53. The topological polar surface area (TPSA) is 88.1 Å². The van der Waals surface area contributed by atoms with E-state index in [1.54, 1.807) is 6.07 Å². The lowest BCUT2D eigenvalue weighted by atomic mass is 10.1. The SMILES string of the molecule is CCc1cc(N2CNc3cc(C(=O)N4CCNCC4)ccc32)c(O)cc1O. The molecule has 1 saturated heterocycles. The van der Waals surface area contributed by atoms with Crippen molar-refractivity contribution in [2.75, 3.05) is 43.1 Å². The minimum atomic E-state index is 0.0281. The number of nitrogens with one attached hydrogen (secondary N) is 2. The van der Waals surface area contributed by atoms with Gasteiger partial charge in [-0.15, -0.1) is 0 Å². The number of hydrogen-bond donors (Lipinski definition) is 4. The summed E-state index contributed by atoms with van der Waals surface area (Å²) in [5, 5.41) is 26.8. The largest absolute Gasteiger partial charge is 0.508 e. The molecule has 2 aromatic carbocycles. The van der Waals surface area contributed by atoms with Crippen LogP contribution in [0.3, 0.4) is 0 Å². The molecule has 2 aliphatic heterocycles. The molecule has 2 heterocycles. The Morgan fingerprint density at radius 3 is 2.59 bits per heavy atom. The molecule has 2 aliphatic rings.